The molecule has 1 aliphatic rings. The molecule has 0 spiro atoms. The van der Waals surface area contributed by atoms with Crippen molar-refractivity contribution in [2.24, 2.45) is 0 Å². The van der Waals surface area contributed by atoms with E-state index in [1.807, 2.05) is 0 Å². The molecule has 0 saturated carbocycles. The summed E-state index contributed by atoms with van der Waals surface area (Å²) in [6, 6.07) is 8.00. The first-order valence-electron chi connectivity index (χ1n) is 9.38. The third kappa shape index (κ3) is 4.76. The lowest BCUT2D eigenvalue weighted by Crippen LogP contribution is -2.28. The van der Waals surface area contributed by atoms with Crippen molar-refractivity contribution in [2.45, 2.75) is 30.8 Å². The Balaban J connectivity index is 1.87. The van der Waals surface area contributed by atoms with Crippen LogP contribution in [0.1, 0.15) is 35.7 Å². The molecule has 1 aliphatic heterocycles. The maximum atomic E-state index is 13.0. The zero-order chi connectivity index (χ0) is 21.9. The van der Waals surface area contributed by atoms with Gasteiger partial charge in [0, 0.05) is 24.3 Å². The lowest BCUT2D eigenvalue weighted by molar-refractivity contribution is -0.137. The molecule has 0 aliphatic carbocycles. The summed E-state index contributed by atoms with van der Waals surface area (Å²) in [6.07, 6.45) is -2.95. The summed E-state index contributed by atoms with van der Waals surface area (Å²) >= 11 is 0. The molecular weight excluding hydrogens is 421 g/mol. The van der Waals surface area contributed by atoms with Gasteiger partial charge in [-0.15, -0.1) is 0 Å². The number of rotatable bonds is 6. The van der Waals surface area contributed by atoms with E-state index in [1.54, 1.807) is 6.92 Å². The molecule has 1 saturated heterocycles. The van der Waals surface area contributed by atoms with Crippen LogP contribution in [0.25, 0.3) is 0 Å². The standard InChI is InChI=1S/C20H21F3N2O4S/c1-2-29-17-10-9-16(13-18(17)30(27,28)25-11-3-4-12-25)24-19(26)14-5-7-15(8-6-14)20(21,22)23/h5-10,13H,2-4,11-12H2,1H3,(H,24,26). The number of hydrogen-bond donors (Lipinski definition) is 1. The summed E-state index contributed by atoms with van der Waals surface area (Å²) in [5, 5.41) is 2.53. The molecule has 30 heavy (non-hydrogen) atoms. The number of carbonyl (C=O) groups excluding carboxylic acids is 1. The molecule has 0 bridgehead atoms. The van der Waals surface area contributed by atoms with Gasteiger partial charge < -0.3 is 10.1 Å². The largest absolute Gasteiger partial charge is 0.492 e. The van der Waals surface area contributed by atoms with E-state index in [1.165, 1.54) is 22.5 Å². The number of anilines is 1. The summed E-state index contributed by atoms with van der Waals surface area (Å²) in [7, 11) is -3.80. The van der Waals surface area contributed by atoms with E-state index >= 15 is 0 Å². The highest BCUT2D eigenvalue weighted by Crippen LogP contribution is 2.32. The van der Waals surface area contributed by atoms with E-state index in [2.05, 4.69) is 5.32 Å². The van der Waals surface area contributed by atoms with Crippen LogP contribution in [0.4, 0.5) is 18.9 Å². The Hall–Kier alpha value is -2.59. The number of amides is 1. The van der Waals surface area contributed by atoms with E-state index in [4.69, 9.17) is 4.74 Å². The third-order valence-electron chi connectivity index (χ3n) is 4.66. The normalized spacial score (nSPS) is 15.2. The summed E-state index contributed by atoms with van der Waals surface area (Å²) in [5.41, 5.74) is -0.652. The maximum absolute atomic E-state index is 13.0. The Labute approximate surface area is 172 Å². The van der Waals surface area contributed by atoms with Crippen molar-refractivity contribution in [2.75, 3.05) is 25.0 Å². The van der Waals surface area contributed by atoms with Gasteiger partial charge in [-0.05, 0) is 62.2 Å². The predicted molar refractivity (Wildman–Crippen MR) is 105 cm³/mol. The van der Waals surface area contributed by atoms with E-state index < -0.39 is 27.7 Å². The van der Waals surface area contributed by atoms with Crippen molar-refractivity contribution in [3.05, 3.63) is 53.6 Å². The molecule has 0 aromatic heterocycles. The molecule has 0 atom stereocenters. The summed E-state index contributed by atoms with van der Waals surface area (Å²) in [6.45, 7) is 2.82. The van der Waals surface area contributed by atoms with E-state index in [9.17, 15) is 26.4 Å². The van der Waals surface area contributed by atoms with Crippen LogP contribution in [0.5, 0.6) is 5.75 Å². The summed E-state index contributed by atoms with van der Waals surface area (Å²) in [5.74, 6) is -0.477. The number of nitrogens with zero attached hydrogens (tertiary/aromatic N) is 1. The van der Waals surface area contributed by atoms with Crippen LogP contribution in [0.2, 0.25) is 0 Å². The number of hydrogen-bond acceptors (Lipinski definition) is 4. The molecule has 1 N–H and O–H groups in total. The first kappa shape index (κ1) is 22.1. The molecule has 1 amide bonds. The van der Waals surface area contributed by atoms with Crippen LogP contribution in [0, 0.1) is 0 Å². The van der Waals surface area contributed by atoms with Gasteiger partial charge in [0.25, 0.3) is 5.91 Å². The Morgan fingerprint density at radius 3 is 2.30 bits per heavy atom. The highest BCUT2D eigenvalue weighted by Gasteiger charge is 2.31. The fourth-order valence-corrected chi connectivity index (χ4v) is 4.82. The van der Waals surface area contributed by atoms with Gasteiger partial charge in [-0.1, -0.05) is 0 Å². The van der Waals surface area contributed by atoms with Crippen molar-refractivity contribution in [1.82, 2.24) is 4.31 Å². The summed E-state index contributed by atoms with van der Waals surface area (Å²) < 4.78 is 70.8. The summed E-state index contributed by atoms with van der Waals surface area (Å²) in [4.78, 5) is 12.4. The third-order valence-corrected chi connectivity index (χ3v) is 6.58. The molecule has 162 valence electrons. The van der Waals surface area contributed by atoms with Crippen molar-refractivity contribution in [3.63, 3.8) is 0 Å². The van der Waals surface area contributed by atoms with Crippen LogP contribution in [-0.2, 0) is 16.2 Å². The van der Waals surface area contributed by atoms with Crippen molar-refractivity contribution >= 4 is 21.6 Å². The number of carbonyl (C=O) groups is 1. The second kappa shape index (κ2) is 8.65. The Morgan fingerprint density at radius 2 is 1.73 bits per heavy atom. The van der Waals surface area contributed by atoms with E-state index in [0.717, 1.165) is 37.1 Å². The van der Waals surface area contributed by atoms with Gasteiger partial charge in [-0.25, -0.2) is 8.42 Å². The van der Waals surface area contributed by atoms with Crippen LogP contribution in [0.15, 0.2) is 47.4 Å². The van der Waals surface area contributed by atoms with Gasteiger partial charge in [0.1, 0.15) is 10.6 Å². The van der Waals surface area contributed by atoms with Gasteiger partial charge in [0.15, 0.2) is 0 Å². The quantitative estimate of drug-likeness (QED) is 0.730. The number of nitrogens with one attached hydrogen (secondary N) is 1. The van der Waals surface area contributed by atoms with Gasteiger partial charge in [-0.2, -0.15) is 17.5 Å². The van der Waals surface area contributed by atoms with Crippen molar-refractivity contribution in [1.29, 1.82) is 0 Å². The molecule has 2 aromatic carbocycles. The van der Waals surface area contributed by atoms with Gasteiger partial charge in [0.05, 0.1) is 12.2 Å². The second-order valence-corrected chi connectivity index (χ2v) is 8.64. The SMILES string of the molecule is CCOc1ccc(NC(=O)c2ccc(C(F)(F)F)cc2)cc1S(=O)(=O)N1CCCC1. The number of sulfonamides is 1. The van der Waals surface area contributed by atoms with E-state index in [-0.39, 0.29) is 28.5 Å². The first-order valence-corrected chi connectivity index (χ1v) is 10.8. The Bertz CT molecular complexity index is 1020. The Kier molecular flexibility index (Phi) is 6.37. The zero-order valence-electron chi connectivity index (χ0n) is 16.2. The van der Waals surface area contributed by atoms with Gasteiger partial charge in [0.2, 0.25) is 10.0 Å². The van der Waals surface area contributed by atoms with Crippen LogP contribution in [0.3, 0.4) is 0 Å². The Morgan fingerprint density at radius 1 is 1.10 bits per heavy atom. The highest BCUT2D eigenvalue weighted by atomic mass is 32.2. The van der Waals surface area contributed by atoms with Crippen LogP contribution < -0.4 is 10.1 Å². The predicted octanol–water partition coefficient (Wildman–Crippen LogP) is 4.14. The minimum Gasteiger partial charge on any atom is -0.492 e. The van der Waals surface area contributed by atoms with Crippen molar-refractivity contribution < 1.29 is 31.1 Å². The topological polar surface area (TPSA) is 75.7 Å². The van der Waals surface area contributed by atoms with Crippen molar-refractivity contribution in [3.8, 4) is 5.75 Å². The molecule has 1 heterocycles. The molecule has 0 unspecified atom stereocenters. The minimum absolute atomic E-state index is 0.0147. The van der Waals surface area contributed by atoms with Gasteiger partial charge in [-0.3, -0.25) is 4.79 Å². The minimum atomic E-state index is -4.50. The second-order valence-electron chi connectivity index (χ2n) is 6.73. The molecule has 3 rings (SSSR count). The first-order chi connectivity index (χ1) is 14.1. The average Bonchev–Trinajstić information content (AvgIpc) is 3.24. The smallest absolute Gasteiger partial charge is 0.416 e. The monoisotopic (exact) mass is 442 g/mol. The molecule has 10 heteroatoms. The van der Waals surface area contributed by atoms with Gasteiger partial charge >= 0.3 is 6.18 Å². The molecule has 0 radical (unpaired) electrons. The number of alkyl halides is 3. The lowest BCUT2D eigenvalue weighted by atomic mass is 10.1. The average molecular weight is 442 g/mol. The molecule has 1 fully saturated rings. The van der Waals surface area contributed by atoms with Crippen LogP contribution >= 0.6 is 0 Å². The van der Waals surface area contributed by atoms with Crippen LogP contribution in [-0.4, -0.2) is 38.3 Å². The molecular formula is C20H21F3N2O4S. The lowest BCUT2D eigenvalue weighted by Gasteiger charge is -2.19. The number of benzene rings is 2. The molecule has 2 aromatic rings. The fourth-order valence-electron chi connectivity index (χ4n) is 3.14. The fraction of sp³-hybridized carbons (Fsp3) is 0.350. The highest BCUT2D eigenvalue weighted by molar-refractivity contribution is 7.89. The number of halogens is 3. The maximum Gasteiger partial charge on any atom is 0.416 e. The molecule has 6 nitrogen and oxygen atoms in total. The number of ether oxygens (including phenoxy) is 1. The van der Waals surface area contributed by atoms with E-state index in [0.29, 0.717) is 13.1 Å². The zero-order valence-corrected chi connectivity index (χ0v) is 17.0.